The molecule has 0 radical (unpaired) electrons. The van der Waals surface area contributed by atoms with E-state index < -0.39 is 24.2 Å². The number of aromatic hydroxyl groups is 1. The summed E-state index contributed by atoms with van der Waals surface area (Å²) < 4.78 is 45.0. The van der Waals surface area contributed by atoms with Gasteiger partial charge in [0.05, 0.1) is 6.42 Å². The molecule has 0 bridgehead atoms. The molecule has 1 aliphatic rings. The van der Waals surface area contributed by atoms with E-state index in [-0.39, 0.29) is 11.3 Å². The lowest BCUT2D eigenvalue weighted by Gasteiger charge is -2.36. The molecule has 2 N–H and O–H groups in total. The second-order valence-electron chi connectivity index (χ2n) is 7.06. The molecule has 1 heterocycles. The van der Waals surface area contributed by atoms with E-state index >= 15 is 0 Å². The fraction of sp³-hybridized carbons (Fsp3) is 0.647. The van der Waals surface area contributed by atoms with Crippen LogP contribution in [0.1, 0.15) is 38.8 Å². The van der Waals surface area contributed by atoms with Gasteiger partial charge in [-0.25, -0.2) is 0 Å². The monoisotopic (exact) mass is 346 g/mol. The molecular weight excluding hydrogens is 321 g/mol. The van der Waals surface area contributed by atoms with E-state index in [2.05, 4.69) is 5.32 Å². The molecule has 0 aromatic heterocycles. The number of phenols is 1. The molecular formula is C17H25F3N2O2. The minimum Gasteiger partial charge on any atom is -0.508 e. The van der Waals surface area contributed by atoms with Gasteiger partial charge in [-0.3, -0.25) is 4.90 Å². The number of phenolic OH excluding ortho intramolecular Hbond substituents is 1. The van der Waals surface area contributed by atoms with Gasteiger partial charge in [-0.1, -0.05) is 0 Å². The van der Waals surface area contributed by atoms with E-state index in [0.717, 1.165) is 0 Å². The zero-order valence-corrected chi connectivity index (χ0v) is 14.3. The first-order valence-electron chi connectivity index (χ1n) is 8.09. The van der Waals surface area contributed by atoms with Gasteiger partial charge < -0.3 is 15.2 Å². The Balaban J connectivity index is 2.34. The number of nitrogens with one attached hydrogen (secondary N) is 1. The third-order valence-electron chi connectivity index (χ3n) is 3.80. The van der Waals surface area contributed by atoms with Crippen LogP contribution in [0.5, 0.6) is 11.5 Å². The fourth-order valence-corrected chi connectivity index (χ4v) is 2.87. The summed E-state index contributed by atoms with van der Waals surface area (Å²) >= 11 is 0. The molecule has 0 spiro atoms. The number of benzene rings is 1. The summed E-state index contributed by atoms with van der Waals surface area (Å²) in [6, 6.07) is 3.59. The van der Waals surface area contributed by atoms with Gasteiger partial charge in [-0.15, -0.1) is 0 Å². The standard InChI is InChI=1S/C17H25F3N2O2/c1-16(2,3)24-12-4-5-15(23)13(10-12)14(11-17(18,19)20)22-8-6-21-7-9-22/h4-5,10,14,21,23H,6-9,11H2,1-3H3/t14-/m0/s1. The molecule has 136 valence electrons. The molecule has 0 unspecified atom stereocenters. The molecule has 2 rings (SSSR count). The zero-order chi connectivity index (χ0) is 18.0. The van der Waals surface area contributed by atoms with E-state index in [9.17, 15) is 18.3 Å². The predicted molar refractivity (Wildman–Crippen MR) is 86.3 cm³/mol. The van der Waals surface area contributed by atoms with Crippen molar-refractivity contribution >= 4 is 0 Å². The van der Waals surface area contributed by atoms with Crippen LogP contribution in [0.25, 0.3) is 0 Å². The van der Waals surface area contributed by atoms with Gasteiger partial charge in [0.25, 0.3) is 0 Å². The second kappa shape index (κ2) is 7.19. The lowest BCUT2D eigenvalue weighted by molar-refractivity contribution is -0.148. The Morgan fingerprint density at radius 1 is 1.21 bits per heavy atom. The Kier molecular flexibility index (Phi) is 5.65. The second-order valence-corrected chi connectivity index (χ2v) is 7.06. The summed E-state index contributed by atoms with van der Waals surface area (Å²) in [6.07, 6.45) is -5.32. The Morgan fingerprint density at radius 2 is 1.83 bits per heavy atom. The quantitative estimate of drug-likeness (QED) is 0.876. The third-order valence-corrected chi connectivity index (χ3v) is 3.80. The molecule has 1 atom stereocenters. The van der Waals surface area contributed by atoms with Gasteiger partial charge in [0.1, 0.15) is 17.1 Å². The first-order valence-corrected chi connectivity index (χ1v) is 8.09. The number of hydrogen-bond acceptors (Lipinski definition) is 4. The molecule has 0 aliphatic carbocycles. The Bertz CT molecular complexity index is 550. The number of ether oxygens (including phenoxy) is 1. The van der Waals surface area contributed by atoms with Crippen LogP contribution in [0.3, 0.4) is 0 Å². The van der Waals surface area contributed by atoms with Gasteiger partial charge in [0.2, 0.25) is 0 Å². The number of halogens is 3. The first kappa shape index (κ1) is 18.9. The van der Waals surface area contributed by atoms with E-state index in [4.69, 9.17) is 4.74 Å². The maximum atomic E-state index is 13.1. The number of alkyl halides is 3. The Hall–Kier alpha value is -1.47. The lowest BCUT2D eigenvalue weighted by Crippen LogP contribution is -2.46. The van der Waals surface area contributed by atoms with Crippen LogP contribution in [0.15, 0.2) is 18.2 Å². The van der Waals surface area contributed by atoms with Crippen LogP contribution >= 0.6 is 0 Å². The Labute approximate surface area is 140 Å². The van der Waals surface area contributed by atoms with Crippen molar-refractivity contribution in [3.05, 3.63) is 23.8 Å². The van der Waals surface area contributed by atoms with Gasteiger partial charge in [0, 0.05) is 37.8 Å². The van der Waals surface area contributed by atoms with Crippen molar-refractivity contribution in [2.45, 2.75) is 45.0 Å². The van der Waals surface area contributed by atoms with Crippen LogP contribution in [-0.2, 0) is 0 Å². The SMILES string of the molecule is CC(C)(C)Oc1ccc(O)c([C@H](CC(F)(F)F)N2CCNCC2)c1. The summed E-state index contributed by atoms with van der Waals surface area (Å²) in [4.78, 5) is 1.76. The van der Waals surface area contributed by atoms with Crippen molar-refractivity contribution in [3.63, 3.8) is 0 Å². The molecule has 1 aromatic carbocycles. The molecule has 7 heteroatoms. The van der Waals surface area contributed by atoms with Crippen molar-refractivity contribution in [2.24, 2.45) is 0 Å². The topological polar surface area (TPSA) is 44.7 Å². The smallest absolute Gasteiger partial charge is 0.390 e. The minimum atomic E-state index is -4.32. The number of nitrogens with zero attached hydrogens (tertiary/aromatic N) is 1. The number of piperazine rings is 1. The van der Waals surface area contributed by atoms with Crippen molar-refractivity contribution in [1.82, 2.24) is 10.2 Å². The Morgan fingerprint density at radius 3 is 2.38 bits per heavy atom. The highest BCUT2D eigenvalue weighted by atomic mass is 19.4. The third kappa shape index (κ3) is 5.56. The summed E-state index contributed by atoms with van der Waals surface area (Å²) in [5.41, 5.74) is -0.209. The molecule has 0 saturated carbocycles. The summed E-state index contributed by atoms with van der Waals surface area (Å²) in [7, 11) is 0. The summed E-state index contributed by atoms with van der Waals surface area (Å²) in [5, 5.41) is 13.3. The predicted octanol–water partition coefficient (Wildman–Crippen LogP) is 3.47. The highest BCUT2D eigenvalue weighted by molar-refractivity contribution is 5.41. The van der Waals surface area contributed by atoms with Crippen LogP contribution < -0.4 is 10.1 Å². The summed E-state index contributed by atoms with van der Waals surface area (Å²) in [6.45, 7) is 7.87. The zero-order valence-electron chi connectivity index (χ0n) is 14.3. The van der Waals surface area contributed by atoms with E-state index in [0.29, 0.717) is 31.9 Å². The minimum absolute atomic E-state index is 0.135. The fourth-order valence-electron chi connectivity index (χ4n) is 2.87. The average molecular weight is 346 g/mol. The summed E-state index contributed by atoms with van der Waals surface area (Å²) in [5.74, 6) is 0.321. The molecule has 1 aliphatic heterocycles. The normalized spacial score (nSPS) is 18.4. The average Bonchev–Trinajstić information content (AvgIpc) is 2.45. The van der Waals surface area contributed by atoms with Crippen LogP contribution in [0.4, 0.5) is 13.2 Å². The molecule has 1 fully saturated rings. The maximum absolute atomic E-state index is 13.1. The number of rotatable bonds is 4. The van der Waals surface area contributed by atoms with Gasteiger partial charge in [-0.2, -0.15) is 13.2 Å². The number of hydrogen-bond donors (Lipinski definition) is 2. The highest BCUT2D eigenvalue weighted by Gasteiger charge is 2.37. The molecule has 24 heavy (non-hydrogen) atoms. The molecule has 1 saturated heterocycles. The largest absolute Gasteiger partial charge is 0.508 e. The van der Waals surface area contributed by atoms with Crippen molar-refractivity contribution in [3.8, 4) is 11.5 Å². The van der Waals surface area contributed by atoms with E-state index in [1.165, 1.54) is 12.1 Å². The van der Waals surface area contributed by atoms with Crippen molar-refractivity contribution < 1.29 is 23.0 Å². The van der Waals surface area contributed by atoms with E-state index in [1.54, 1.807) is 11.0 Å². The van der Waals surface area contributed by atoms with Crippen molar-refractivity contribution in [2.75, 3.05) is 26.2 Å². The first-order chi connectivity index (χ1) is 11.1. The van der Waals surface area contributed by atoms with Crippen LogP contribution in [0, 0.1) is 0 Å². The van der Waals surface area contributed by atoms with E-state index in [1.807, 2.05) is 20.8 Å². The van der Waals surface area contributed by atoms with Crippen LogP contribution in [0.2, 0.25) is 0 Å². The lowest BCUT2D eigenvalue weighted by atomic mass is 9.99. The highest BCUT2D eigenvalue weighted by Crippen LogP contribution is 2.39. The van der Waals surface area contributed by atoms with Gasteiger partial charge >= 0.3 is 6.18 Å². The maximum Gasteiger partial charge on any atom is 0.390 e. The van der Waals surface area contributed by atoms with Crippen molar-refractivity contribution in [1.29, 1.82) is 0 Å². The molecule has 0 amide bonds. The van der Waals surface area contributed by atoms with Gasteiger partial charge in [0.15, 0.2) is 0 Å². The molecule has 4 nitrogen and oxygen atoms in total. The van der Waals surface area contributed by atoms with Crippen LogP contribution in [-0.4, -0.2) is 48.0 Å². The van der Waals surface area contributed by atoms with Gasteiger partial charge in [-0.05, 0) is 39.0 Å². The molecule has 1 aromatic rings.